The number of hydrogen-bond acceptors (Lipinski definition) is 2. The molecule has 1 rings (SSSR count). The largest absolute Gasteiger partial charge is 0.349 e. The Labute approximate surface area is 103 Å². The summed E-state index contributed by atoms with van der Waals surface area (Å²) in [6, 6.07) is 5.87. The van der Waals surface area contributed by atoms with E-state index in [4.69, 9.17) is 5.73 Å². The zero-order valence-corrected chi connectivity index (χ0v) is 11.1. The molecule has 0 saturated carbocycles. The fraction of sp³-hybridized carbons (Fsp3) is 0.500. The quantitative estimate of drug-likeness (QED) is 0.837. The molecule has 17 heavy (non-hydrogen) atoms. The zero-order chi connectivity index (χ0) is 13.0. The Morgan fingerprint density at radius 2 is 2.00 bits per heavy atom. The highest BCUT2D eigenvalue weighted by atomic mass is 16.1. The van der Waals surface area contributed by atoms with Crippen LogP contribution in [0.15, 0.2) is 18.2 Å². The van der Waals surface area contributed by atoms with Crippen LogP contribution in [0.3, 0.4) is 0 Å². The van der Waals surface area contributed by atoms with E-state index in [1.54, 1.807) is 0 Å². The lowest BCUT2D eigenvalue weighted by atomic mass is 10.0. The first-order valence-corrected chi connectivity index (χ1v) is 6.04. The summed E-state index contributed by atoms with van der Waals surface area (Å²) in [7, 11) is 0. The Balaban J connectivity index is 2.80. The van der Waals surface area contributed by atoms with Crippen LogP contribution in [0.25, 0.3) is 0 Å². The summed E-state index contributed by atoms with van der Waals surface area (Å²) in [5, 5.41) is 3.00. The third-order valence-electron chi connectivity index (χ3n) is 3.43. The van der Waals surface area contributed by atoms with Gasteiger partial charge in [-0.2, -0.15) is 0 Å². The van der Waals surface area contributed by atoms with Gasteiger partial charge < -0.3 is 11.1 Å². The minimum absolute atomic E-state index is 0.0148. The second-order valence-electron chi connectivity index (χ2n) is 4.72. The lowest BCUT2D eigenvalue weighted by Gasteiger charge is -2.20. The third kappa shape index (κ3) is 3.30. The van der Waals surface area contributed by atoms with Gasteiger partial charge in [0.05, 0.1) is 0 Å². The standard InChI is InChI=1S/C14H22N2O/c1-9-6-5-7-13(11(9)3)14(17)16-12(4)10(2)8-15/h5-7,10,12H,8,15H2,1-4H3,(H,16,17). The molecule has 1 amide bonds. The van der Waals surface area contributed by atoms with Crippen molar-refractivity contribution < 1.29 is 4.79 Å². The molecular weight excluding hydrogens is 212 g/mol. The van der Waals surface area contributed by atoms with Crippen molar-refractivity contribution in [2.45, 2.75) is 33.7 Å². The average Bonchev–Trinajstić information content (AvgIpc) is 2.31. The monoisotopic (exact) mass is 234 g/mol. The highest BCUT2D eigenvalue weighted by molar-refractivity contribution is 5.96. The summed E-state index contributed by atoms with van der Waals surface area (Å²) in [5.41, 5.74) is 8.52. The maximum absolute atomic E-state index is 12.1. The van der Waals surface area contributed by atoms with E-state index < -0.39 is 0 Å². The van der Waals surface area contributed by atoms with Crippen LogP contribution in [-0.4, -0.2) is 18.5 Å². The molecule has 2 atom stereocenters. The Kier molecular flexibility index (Phi) is 4.70. The predicted octanol–water partition coefficient (Wildman–Crippen LogP) is 2.02. The molecule has 1 aromatic rings. The molecule has 0 fully saturated rings. The van der Waals surface area contributed by atoms with Crippen LogP contribution >= 0.6 is 0 Å². The fourth-order valence-electron chi connectivity index (χ4n) is 1.63. The number of rotatable bonds is 4. The number of nitrogens with one attached hydrogen (secondary N) is 1. The van der Waals surface area contributed by atoms with Gasteiger partial charge in [-0.15, -0.1) is 0 Å². The first-order valence-electron chi connectivity index (χ1n) is 6.04. The summed E-state index contributed by atoms with van der Waals surface area (Å²) in [4.78, 5) is 12.1. The molecule has 0 bridgehead atoms. The first kappa shape index (κ1) is 13.7. The summed E-state index contributed by atoms with van der Waals surface area (Å²) in [6.45, 7) is 8.59. The zero-order valence-electron chi connectivity index (χ0n) is 11.1. The number of carbonyl (C=O) groups is 1. The maximum Gasteiger partial charge on any atom is 0.251 e. The highest BCUT2D eigenvalue weighted by Crippen LogP contribution is 2.13. The van der Waals surface area contributed by atoms with Gasteiger partial charge in [0.1, 0.15) is 0 Å². The number of nitrogens with two attached hydrogens (primary N) is 1. The van der Waals surface area contributed by atoms with Gasteiger partial charge in [0.2, 0.25) is 0 Å². The second kappa shape index (κ2) is 5.82. The number of benzene rings is 1. The minimum Gasteiger partial charge on any atom is -0.349 e. The van der Waals surface area contributed by atoms with Gasteiger partial charge in [-0.3, -0.25) is 4.79 Å². The molecule has 3 heteroatoms. The van der Waals surface area contributed by atoms with Crippen LogP contribution in [0, 0.1) is 19.8 Å². The predicted molar refractivity (Wildman–Crippen MR) is 71.1 cm³/mol. The van der Waals surface area contributed by atoms with Crippen molar-refractivity contribution >= 4 is 5.91 Å². The molecule has 0 aliphatic rings. The van der Waals surface area contributed by atoms with E-state index in [1.807, 2.05) is 45.9 Å². The Hall–Kier alpha value is -1.35. The highest BCUT2D eigenvalue weighted by Gasteiger charge is 2.16. The van der Waals surface area contributed by atoms with Crippen LogP contribution in [0.1, 0.15) is 35.3 Å². The van der Waals surface area contributed by atoms with Crippen LogP contribution in [-0.2, 0) is 0 Å². The normalized spacial score (nSPS) is 14.2. The van der Waals surface area contributed by atoms with Crippen molar-refractivity contribution in [3.8, 4) is 0 Å². The van der Waals surface area contributed by atoms with Gasteiger partial charge in [0, 0.05) is 11.6 Å². The van der Waals surface area contributed by atoms with Crippen molar-refractivity contribution in [1.82, 2.24) is 5.32 Å². The Morgan fingerprint density at radius 3 is 2.59 bits per heavy atom. The van der Waals surface area contributed by atoms with E-state index in [2.05, 4.69) is 5.32 Å². The summed E-state index contributed by atoms with van der Waals surface area (Å²) in [6.07, 6.45) is 0. The van der Waals surface area contributed by atoms with E-state index in [0.29, 0.717) is 6.54 Å². The first-order chi connectivity index (χ1) is 7.97. The molecule has 1 aromatic carbocycles. The van der Waals surface area contributed by atoms with E-state index in [0.717, 1.165) is 16.7 Å². The van der Waals surface area contributed by atoms with Gasteiger partial charge in [-0.1, -0.05) is 19.1 Å². The molecule has 0 spiro atoms. The number of hydrogen-bond donors (Lipinski definition) is 2. The molecule has 3 N–H and O–H groups in total. The van der Waals surface area contributed by atoms with E-state index in [1.165, 1.54) is 0 Å². The minimum atomic E-state index is -0.0148. The van der Waals surface area contributed by atoms with Crippen LogP contribution in [0.4, 0.5) is 0 Å². The SMILES string of the molecule is Cc1cccc(C(=O)NC(C)C(C)CN)c1C. The molecule has 0 aliphatic carbocycles. The molecule has 0 aromatic heterocycles. The van der Waals surface area contributed by atoms with Gasteiger partial charge in [0.25, 0.3) is 5.91 Å². The van der Waals surface area contributed by atoms with E-state index in [-0.39, 0.29) is 17.9 Å². The molecule has 94 valence electrons. The summed E-state index contributed by atoms with van der Waals surface area (Å²) in [5.74, 6) is 0.267. The maximum atomic E-state index is 12.1. The van der Waals surface area contributed by atoms with Crippen molar-refractivity contribution in [2.24, 2.45) is 11.7 Å². The van der Waals surface area contributed by atoms with Crippen LogP contribution in [0.5, 0.6) is 0 Å². The topological polar surface area (TPSA) is 55.1 Å². The molecular formula is C14H22N2O. The fourth-order valence-corrected chi connectivity index (χ4v) is 1.63. The Bertz CT molecular complexity index is 401. The van der Waals surface area contributed by atoms with Crippen molar-refractivity contribution in [1.29, 1.82) is 0 Å². The second-order valence-corrected chi connectivity index (χ2v) is 4.72. The van der Waals surface area contributed by atoms with Crippen molar-refractivity contribution in [2.75, 3.05) is 6.54 Å². The molecule has 2 unspecified atom stereocenters. The van der Waals surface area contributed by atoms with E-state index >= 15 is 0 Å². The molecule has 3 nitrogen and oxygen atoms in total. The molecule has 0 heterocycles. The van der Waals surface area contributed by atoms with Crippen molar-refractivity contribution in [3.05, 3.63) is 34.9 Å². The van der Waals surface area contributed by atoms with Gasteiger partial charge in [-0.05, 0) is 50.4 Å². The average molecular weight is 234 g/mol. The van der Waals surface area contributed by atoms with Crippen LogP contribution < -0.4 is 11.1 Å². The van der Waals surface area contributed by atoms with Gasteiger partial charge >= 0.3 is 0 Å². The van der Waals surface area contributed by atoms with Crippen LogP contribution in [0.2, 0.25) is 0 Å². The van der Waals surface area contributed by atoms with Gasteiger partial charge in [0.15, 0.2) is 0 Å². The number of aryl methyl sites for hydroxylation is 1. The third-order valence-corrected chi connectivity index (χ3v) is 3.43. The summed E-state index contributed by atoms with van der Waals surface area (Å²) >= 11 is 0. The van der Waals surface area contributed by atoms with Gasteiger partial charge in [-0.25, -0.2) is 0 Å². The lowest BCUT2D eigenvalue weighted by Crippen LogP contribution is -2.40. The number of carbonyl (C=O) groups excluding carboxylic acids is 1. The summed E-state index contributed by atoms with van der Waals surface area (Å²) < 4.78 is 0. The van der Waals surface area contributed by atoms with E-state index in [9.17, 15) is 4.79 Å². The smallest absolute Gasteiger partial charge is 0.251 e. The Morgan fingerprint density at radius 1 is 1.35 bits per heavy atom. The number of amides is 1. The van der Waals surface area contributed by atoms with Crippen molar-refractivity contribution in [3.63, 3.8) is 0 Å². The molecule has 0 saturated heterocycles. The lowest BCUT2D eigenvalue weighted by molar-refractivity contribution is 0.0929. The molecule has 0 radical (unpaired) electrons. The molecule has 0 aliphatic heterocycles.